The third kappa shape index (κ3) is 7.17. The molecule has 0 unspecified atom stereocenters. The molecule has 1 aromatic carbocycles. The van der Waals surface area contributed by atoms with Crippen molar-refractivity contribution in [2.45, 2.75) is 32.2 Å². The topological polar surface area (TPSA) is 111 Å². The zero-order valence-electron chi connectivity index (χ0n) is 22.1. The molecular formula is C28H36N6O4. The Hall–Kier alpha value is -3.76. The van der Waals surface area contributed by atoms with Gasteiger partial charge in [-0.1, -0.05) is 18.2 Å². The highest BCUT2D eigenvalue weighted by Gasteiger charge is 2.28. The second kappa shape index (κ2) is 13.2. The first-order chi connectivity index (χ1) is 18.4. The fourth-order valence-electron chi connectivity index (χ4n) is 4.60. The van der Waals surface area contributed by atoms with E-state index in [1.807, 2.05) is 12.1 Å². The summed E-state index contributed by atoms with van der Waals surface area (Å²) >= 11 is 0. The number of aromatic nitrogens is 1. The Morgan fingerprint density at radius 1 is 1.18 bits per heavy atom. The summed E-state index contributed by atoms with van der Waals surface area (Å²) in [4.78, 5) is 31.9. The van der Waals surface area contributed by atoms with Crippen molar-refractivity contribution in [2.24, 2.45) is 5.92 Å². The maximum absolute atomic E-state index is 13.4. The lowest BCUT2D eigenvalue weighted by Crippen LogP contribution is -2.54. The molecule has 4 rings (SSSR count). The van der Waals surface area contributed by atoms with Crippen molar-refractivity contribution in [3.63, 3.8) is 0 Å². The van der Waals surface area contributed by atoms with Crippen LogP contribution in [-0.2, 0) is 25.6 Å². The van der Waals surface area contributed by atoms with Crippen LogP contribution in [-0.4, -0.2) is 73.2 Å². The maximum Gasteiger partial charge on any atom is 0.330 e. The summed E-state index contributed by atoms with van der Waals surface area (Å²) in [6.45, 7) is 3.53. The van der Waals surface area contributed by atoms with Crippen molar-refractivity contribution in [3.8, 4) is 11.3 Å². The monoisotopic (exact) mass is 520 g/mol. The minimum atomic E-state index is -0.560. The van der Waals surface area contributed by atoms with Crippen molar-refractivity contribution in [1.82, 2.24) is 20.5 Å². The third-order valence-electron chi connectivity index (χ3n) is 6.83. The first-order valence-electron chi connectivity index (χ1n) is 13.0. The van der Waals surface area contributed by atoms with Crippen molar-refractivity contribution >= 4 is 23.4 Å². The van der Waals surface area contributed by atoms with Crippen LogP contribution in [0.5, 0.6) is 0 Å². The second-order valence-corrected chi connectivity index (χ2v) is 9.51. The number of methoxy groups -OCH3 is 1. The number of hydrogen-bond acceptors (Lipinski definition) is 8. The number of benzene rings is 1. The fraction of sp³-hybridized carbons (Fsp3) is 0.429. The van der Waals surface area contributed by atoms with E-state index >= 15 is 0 Å². The number of hydrazine groups is 2. The Balaban J connectivity index is 1.47. The Kier molecular flexibility index (Phi) is 9.45. The van der Waals surface area contributed by atoms with E-state index < -0.39 is 5.97 Å². The number of hydrogen-bond donors (Lipinski definition) is 2. The van der Waals surface area contributed by atoms with Crippen LogP contribution in [0.4, 0.5) is 5.69 Å². The lowest BCUT2D eigenvalue weighted by atomic mass is 9.99. The highest BCUT2D eigenvalue weighted by atomic mass is 16.5. The van der Waals surface area contributed by atoms with Gasteiger partial charge >= 0.3 is 5.97 Å². The Bertz CT molecular complexity index is 1140. The number of carbonyl (C=O) groups is 2. The largest absolute Gasteiger partial charge is 0.466 e. The van der Waals surface area contributed by atoms with Crippen LogP contribution in [0.3, 0.4) is 0 Å². The Morgan fingerprint density at radius 3 is 2.63 bits per heavy atom. The van der Waals surface area contributed by atoms with Crippen LogP contribution in [0.2, 0.25) is 0 Å². The van der Waals surface area contributed by atoms with Crippen molar-refractivity contribution in [2.75, 3.05) is 45.4 Å². The SMILES string of the molecule is COC(=O)/C=C/C(=N)N(C)NN(Cc1ccc(-c2cccc(N3CCCC3)c2)nc1)C(=O)C1CCOCC1. The van der Waals surface area contributed by atoms with Gasteiger partial charge in [-0.05, 0) is 55.5 Å². The van der Waals surface area contributed by atoms with Gasteiger partial charge in [-0.3, -0.25) is 25.2 Å². The van der Waals surface area contributed by atoms with Gasteiger partial charge in [0.15, 0.2) is 0 Å². The van der Waals surface area contributed by atoms with Crippen molar-refractivity contribution in [1.29, 1.82) is 5.41 Å². The quantitative estimate of drug-likeness (QED) is 0.171. The van der Waals surface area contributed by atoms with Crippen LogP contribution < -0.4 is 10.4 Å². The second-order valence-electron chi connectivity index (χ2n) is 9.51. The summed E-state index contributed by atoms with van der Waals surface area (Å²) in [5, 5.41) is 11.1. The van der Waals surface area contributed by atoms with E-state index in [4.69, 9.17) is 15.1 Å². The number of amidine groups is 1. The number of amides is 1. The van der Waals surface area contributed by atoms with Gasteiger partial charge in [-0.25, -0.2) is 4.79 Å². The van der Waals surface area contributed by atoms with Gasteiger partial charge in [0, 0.05) is 62.8 Å². The first-order valence-corrected chi connectivity index (χ1v) is 13.0. The molecule has 38 heavy (non-hydrogen) atoms. The van der Waals surface area contributed by atoms with Crippen LogP contribution in [0.15, 0.2) is 54.7 Å². The normalized spacial score (nSPS) is 16.0. The average Bonchev–Trinajstić information content (AvgIpc) is 3.51. The zero-order chi connectivity index (χ0) is 26.9. The molecule has 0 atom stereocenters. The number of anilines is 1. The number of likely N-dealkylation sites (N-methyl/N-ethyl adjacent to an activating group) is 1. The molecule has 2 saturated heterocycles. The zero-order valence-corrected chi connectivity index (χ0v) is 22.1. The van der Waals surface area contributed by atoms with E-state index in [2.05, 4.69) is 39.4 Å². The minimum absolute atomic E-state index is 0.00784. The lowest BCUT2D eigenvalue weighted by molar-refractivity contribution is -0.146. The highest BCUT2D eigenvalue weighted by molar-refractivity contribution is 5.95. The number of rotatable bonds is 9. The van der Waals surface area contributed by atoms with E-state index in [1.165, 1.54) is 41.7 Å². The van der Waals surface area contributed by atoms with Gasteiger partial charge in [-0.15, -0.1) is 5.53 Å². The molecule has 2 N–H and O–H groups in total. The molecule has 0 aliphatic carbocycles. The molecule has 1 aromatic heterocycles. The van der Waals surface area contributed by atoms with Crippen LogP contribution in [0, 0.1) is 11.3 Å². The molecule has 0 spiro atoms. The molecule has 1 amide bonds. The summed E-state index contributed by atoms with van der Waals surface area (Å²) in [6, 6.07) is 12.4. The van der Waals surface area contributed by atoms with Crippen LogP contribution >= 0.6 is 0 Å². The summed E-state index contributed by atoms with van der Waals surface area (Å²) in [6.07, 6.45) is 7.99. The van der Waals surface area contributed by atoms with E-state index in [9.17, 15) is 9.59 Å². The first kappa shape index (κ1) is 27.3. The van der Waals surface area contributed by atoms with E-state index in [0.29, 0.717) is 26.1 Å². The van der Waals surface area contributed by atoms with Gasteiger partial charge in [0.25, 0.3) is 0 Å². The Morgan fingerprint density at radius 2 is 1.95 bits per heavy atom. The molecule has 0 radical (unpaired) electrons. The van der Waals surface area contributed by atoms with Crippen LogP contribution in [0.25, 0.3) is 11.3 Å². The molecular weight excluding hydrogens is 484 g/mol. The van der Waals surface area contributed by atoms with Gasteiger partial charge < -0.3 is 14.4 Å². The number of esters is 1. The van der Waals surface area contributed by atoms with E-state index in [1.54, 1.807) is 13.2 Å². The molecule has 10 nitrogen and oxygen atoms in total. The molecule has 0 bridgehead atoms. The molecule has 202 valence electrons. The number of pyridine rings is 1. The predicted octanol–water partition coefficient (Wildman–Crippen LogP) is 3.16. The molecule has 0 saturated carbocycles. The van der Waals surface area contributed by atoms with E-state index in [0.717, 1.165) is 36.0 Å². The smallest absolute Gasteiger partial charge is 0.330 e. The number of nitrogens with one attached hydrogen (secondary N) is 2. The van der Waals surface area contributed by atoms with Gasteiger partial charge in [0.1, 0.15) is 5.84 Å². The summed E-state index contributed by atoms with van der Waals surface area (Å²) in [5.41, 5.74) is 7.00. The van der Waals surface area contributed by atoms with Crippen molar-refractivity contribution < 1.29 is 19.1 Å². The molecule has 2 fully saturated rings. The maximum atomic E-state index is 13.4. The van der Waals surface area contributed by atoms with Crippen molar-refractivity contribution in [3.05, 3.63) is 60.3 Å². The molecule has 2 aromatic rings. The third-order valence-corrected chi connectivity index (χ3v) is 6.83. The van der Waals surface area contributed by atoms with Crippen LogP contribution in [0.1, 0.15) is 31.2 Å². The number of ether oxygens (including phenoxy) is 2. The molecule has 2 aliphatic heterocycles. The molecule has 3 heterocycles. The fourth-order valence-corrected chi connectivity index (χ4v) is 4.60. The average molecular weight is 521 g/mol. The van der Waals surface area contributed by atoms with E-state index in [-0.39, 0.29) is 24.2 Å². The summed E-state index contributed by atoms with van der Waals surface area (Å²) in [7, 11) is 2.89. The highest BCUT2D eigenvalue weighted by Crippen LogP contribution is 2.26. The predicted molar refractivity (Wildman–Crippen MR) is 145 cm³/mol. The molecule has 10 heteroatoms. The summed E-state index contributed by atoms with van der Waals surface area (Å²) in [5.74, 6) is -0.820. The minimum Gasteiger partial charge on any atom is -0.466 e. The van der Waals surface area contributed by atoms with Gasteiger partial charge in [0.2, 0.25) is 5.91 Å². The lowest BCUT2D eigenvalue weighted by Gasteiger charge is -2.33. The Labute approximate surface area is 223 Å². The number of nitrogens with zero attached hydrogens (tertiary/aromatic N) is 4. The standard InChI is InChI=1S/C28H36N6O4/c1-32(26(29)10-11-27(35)37-2)31-34(28(36)22-12-16-38-17-13-22)20-21-8-9-25(30-19-21)23-6-5-7-24(18-23)33-14-3-4-15-33/h5-11,18-19,22,29,31H,3-4,12-17,20H2,1-2H3/b11-10+,29-26?. The van der Waals surface area contributed by atoms with Gasteiger partial charge in [0.05, 0.1) is 19.3 Å². The molecule has 2 aliphatic rings. The van der Waals surface area contributed by atoms with Gasteiger partial charge in [-0.2, -0.15) is 0 Å². The number of carbonyl (C=O) groups excluding carboxylic acids is 2. The summed E-state index contributed by atoms with van der Waals surface area (Å²) < 4.78 is 10.0.